The van der Waals surface area contributed by atoms with Crippen LogP contribution in [0.5, 0.6) is 0 Å². The first-order chi connectivity index (χ1) is 21.8. The van der Waals surface area contributed by atoms with Crippen molar-refractivity contribution in [3.8, 4) is 0 Å². The Morgan fingerprint density at radius 3 is 2.41 bits per heavy atom. The number of hydrogen-bond acceptors (Lipinski definition) is 11. The maximum atomic E-state index is 13.4. The number of nitro benzene ring substituents is 1. The van der Waals surface area contributed by atoms with E-state index in [1.807, 2.05) is 0 Å². The van der Waals surface area contributed by atoms with E-state index in [2.05, 4.69) is 10.3 Å². The number of nitro groups is 1. The molecule has 5 unspecified atom stereocenters. The Balaban J connectivity index is 1.36. The van der Waals surface area contributed by atoms with Crippen molar-refractivity contribution in [2.45, 2.75) is 50.3 Å². The number of benzene rings is 1. The third kappa shape index (κ3) is 6.10. The summed E-state index contributed by atoms with van der Waals surface area (Å²) in [7, 11) is 0. The predicted molar refractivity (Wildman–Crippen MR) is 159 cm³/mol. The summed E-state index contributed by atoms with van der Waals surface area (Å²) in [5.74, 6) is -4.79. The van der Waals surface area contributed by atoms with Crippen LogP contribution in [-0.2, 0) is 25.7 Å². The van der Waals surface area contributed by atoms with E-state index in [0.717, 1.165) is 18.0 Å². The van der Waals surface area contributed by atoms with Gasteiger partial charge >= 0.3 is 18.0 Å². The molecule has 16 nitrogen and oxygen atoms in total. The Morgan fingerprint density at radius 2 is 1.85 bits per heavy atom. The number of fused-ring (bicyclic) bond motifs is 1. The van der Waals surface area contributed by atoms with Gasteiger partial charge < -0.3 is 30.3 Å². The zero-order chi connectivity index (χ0) is 33.4. The Labute approximate surface area is 265 Å². The van der Waals surface area contributed by atoms with Crippen LogP contribution in [0.15, 0.2) is 53.2 Å². The standard InChI is InChI=1S/C29H29N5O11S/c1-13-22-21(14(2)35)26(37)33(22)23(28(40)41)24(13)46-18-9-19(25(36)31-20-8-5-16(10-30-20)27(38)39)32(11-18)29(42)45-12-15-3-6-17(7-4-15)34(43)44/h3-8,10,13-14,18-19,21-22,35H,9,11-12H2,1-2H3,(H,38,39)(H,40,41)(H,30,31,36)/t13?,14?,18?,19?,21?,22-/m1/s1. The zero-order valence-electron chi connectivity index (χ0n) is 24.4. The van der Waals surface area contributed by atoms with Crippen LogP contribution in [-0.4, -0.2) is 94.9 Å². The number of aromatic carboxylic acids is 1. The van der Waals surface area contributed by atoms with Gasteiger partial charge in [0.25, 0.3) is 5.69 Å². The van der Waals surface area contributed by atoms with E-state index in [-0.39, 0.29) is 42.3 Å². The third-order valence-corrected chi connectivity index (χ3v) is 9.67. The van der Waals surface area contributed by atoms with Gasteiger partial charge in [-0.2, -0.15) is 0 Å². The Bertz CT molecular complexity index is 1630. The predicted octanol–water partition coefficient (Wildman–Crippen LogP) is 2.29. The second-order valence-electron chi connectivity index (χ2n) is 11.1. The molecule has 5 rings (SSSR count). The zero-order valence-corrected chi connectivity index (χ0v) is 25.2. The summed E-state index contributed by atoms with van der Waals surface area (Å²) in [6.45, 7) is 2.96. The van der Waals surface area contributed by atoms with E-state index in [1.54, 1.807) is 6.92 Å². The van der Waals surface area contributed by atoms with Crippen molar-refractivity contribution in [3.63, 3.8) is 0 Å². The average Bonchev–Trinajstić information content (AvgIpc) is 3.54. The lowest BCUT2D eigenvalue weighted by Gasteiger charge is -2.46. The molecule has 46 heavy (non-hydrogen) atoms. The Hall–Kier alpha value is -5.03. The summed E-state index contributed by atoms with van der Waals surface area (Å²) < 4.78 is 5.44. The Kier molecular flexibility index (Phi) is 8.98. The van der Waals surface area contributed by atoms with Gasteiger partial charge in [0.15, 0.2) is 0 Å². The van der Waals surface area contributed by atoms with Crippen LogP contribution in [0.2, 0.25) is 0 Å². The number of aromatic nitrogens is 1. The normalized spacial score (nSPS) is 24.2. The molecule has 4 heterocycles. The third-order valence-electron chi connectivity index (χ3n) is 8.18. The first-order valence-corrected chi connectivity index (χ1v) is 15.0. The van der Waals surface area contributed by atoms with Crippen molar-refractivity contribution in [1.82, 2.24) is 14.8 Å². The first kappa shape index (κ1) is 32.4. The molecule has 0 spiro atoms. The van der Waals surface area contributed by atoms with E-state index in [0.29, 0.717) is 10.5 Å². The molecule has 0 radical (unpaired) electrons. The lowest BCUT2D eigenvalue weighted by atomic mass is 9.79. The van der Waals surface area contributed by atoms with Crippen LogP contribution >= 0.6 is 11.8 Å². The molecular formula is C29H29N5O11S. The minimum atomic E-state index is -1.31. The topological polar surface area (TPSA) is 230 Å². The van der Waals surface area contributed by atoms with Gasteiger partial charge in [0.2, 0.25) is 11.8 Å². The summed E-state index contributed by atoms with van der Waals surface area (Å²) in [4.78, 5) is 80.0. The number of ether oxygens (including phenoxy) is 1. The molecule has 3 amide bonds. The molecule has 17 heteroatoms. The fourth-order valence-corrected chi connectivity index (χ4v) is 7.46. The quantitative estimate of drug-likeness (QED) is 0.164. The largest absolute Gasteiger partial charge is 0.478 e. The minimum absolute atomic E-state index is 0.0329. The lowest BCUT2D eigenvalue weighted by molar-refractivity contribution is -0.384. The highest BCUT2D eigenvalue weighted by molar-refractivity contribution is 8.03. The summed E-state index contributed by atoms with van der Waals surface area (Å²) in [6, 6.07) is 6.29. The number of β-lactam (4-membered cyclic amide) rings is 1. The molecule has 2 fully saturated rings. The number of likely N-dealkylation sites (tertiary alicyclic amines) is 1. The van der Waals surface area contributed by atoms with Crippen LogP contribution in [0.1, 0.15) is 36.2 Å². The molecule has 0 bridgehead atoms. The van der Waals surface area contributed by atoms with Crippen LogP contribution in [0, 0.1) is 22.0 Å². The Morgan fingerprint density at radius 1 is 1.15 bits per heavy atom. The van der Waals surface area contributed by atoms with E-state index >= 15 is 0 Å². The van der Waals surface area contributed by atoms with Gasteiger partial charge in [0.05, 0.1) is 28.6 Å². The van der Waals surface area contributed by atoms with Gasteiger partial charge in [0, 0.05) is 40.9 Å². The average molecular weight is 656 g/mol. The van der Waals surface area contributed by atoms with Crippen LogP contribution in [0.4, 0.5) is 16.3 Å². The second-order valence-corrected chi connectivity index (χ2v) is 12.5. The van der Waals surface area contributed by atoms with Gasteiger partial charge in [-0.05, 0) is 43.2 Å². The molecule has 1 aromatic carbocycles. The molecule has 2 saturated heterocycles. The summed E-state index contributed by atoms with van der Waals surface area (Å²) in [5.41, 5.74) is 0.0395. The van der Waals surface area contributed by atoms with E-state index < -0.39 is 70.0 Å². The molecule has 0 aliphatic carbocycles. The highest BCUT2D eigenvalue weighted by Crippen LogP contribution is 2.52. The number of carbonyl (C=O) groups excluding carboxylic acids is 3. The monoisotopic (exact) mass is 655 g/mol. The highest BCUT2D eigenvalue weighted by Gasteiger charge is 2.60. The molecule has 242 valence electrons. The van der Waals surface area contributed by atoms with Gasteiger partial charge in [-0.3, -0.25) is 24.6 Å². The molecular weight excluding hydrogens is 626 g/mol. The molecule has 6 atom stereocenters. The van der Waals surface area contributed by atoms with Crippen molar-refractivity contribution in [2.75, 3.05) is 11.9 Å². The van der Waals surface area contributed by atoms with E-state index in [9.17, 15) is 44.3 Å². The number of non-ortho nitro benzene ring substituents is 1. The number of aliphatic hydroxyl groups excluding tert-OH is 1. The number of anilines is 1. The number of rotatable bonds is 10. The summed E-state index contributed by atoms with van der Waals surface area (Å²) >= 11 is 1.14. The number of hydrogen-bond donors (Lipinski definition) is 4. The minimum Gasteiger partial charge on any atom is -0.478 e. The number of carboxylic acids is 2. The van der Waals surface area contributed by atoms with Crippen LogP contribution < -0.4 is 5.32 Å². The number of carboxylic acid groups (broad SMARTS) is 2. The maximum Gasteiger partial charge on any atom is 0.410 e. The number of amides is 3. The van der Waals surface area contributed by atoms with Crippen molar-refractivity contribution >= 4 is 53.1 Å². The SMILES string of the molecule is CC(O)C1C(=O)N2C(C(=O)O)=C(SC3CC(C(=O)Nc4ccc(C(=O)O)cn4)N(C(=O)OCc4ccc([N+](=O)[O-])cc4)C3)C(C)[C@H]12. The number of nitrogens with one attached hydrogen (secondary N) is 1. The molecule has 3 aliphatic rings. The number of pyridine rings is 1. The first-order valence-electron chi connectivity index (χ1n) is 14.1. The number of aliphatic carboxylic acids is 1. The van der Waals surface area contributed by atoms with Crippen molar-refractivity contribution < 1.29 is 49.0 Å². The van der Waals surface area contributed by atoms with Crippen LogP contribution in [0.25, 0.3) is 0 Å². The lowest BCUT2D eigenvalue weighted by Crippen LogP contribution is -2.63. The number of aliphatic hydroxyl groups is 1. The summed E-state index contributed by atoms with van der Waals surface area (Å²) in [5, 5.41) is 42.3. The fourth-order valence-electron chi connectivity index (χ4n) is 5.94. The maximum absolute atomic E-state index is 13.4. The van der Waals surface area contributed by atoms with Gasteiger partial charge in [-0.15, -0.1) is 11.8 Å². The van der Waals surface area contributed by atoms with Crippen molar-refractivity contribution in [3.05, 3.63) is 74.4 Å². The van der Waals surface area contributed by atoms with E-state index in [1.165, 1.54) is 53.1 Å². The number of nitrogens with zero attached hydrogens (tertiary/aromatic N) is 4. The van der Waals surface area contributed by atoms with Gasteiger partial charge in [-0.1, -0.05) is 6.92 Å². The summed E-state index contributed by atoms with van der Waals surface area (Å²) in [6.07, 6.45) is -0.711. The molecule has 4 N–H and O–H groups in total. The highest BCUT2D eigenvalue weighted by atomic mass is 32.2. The number of carbonyl (C=O) groups is 5. The second kappa shape index (κ2) is 12.8. The van der Waals surface area contributed by atoms with Crippen molar-refractivity contribution in [2.24, 2.45) is 11.8 Å². The smallest absolute Gasteiger partial charge is 0.410 e. The molecule has 2 aromatic rings. The van der Waals surface area contributed by atoms with Gasteiger partial charge in [-0.25, -0.2) is 19.4 Å². The fraction of sp³-hybridized carbons (Fsp3) is 0.379. The van der Waals surface area contributed by atoms with Crippen LogP contribution in [0.3, 0.4) is 0 Å². The van der Waals surface area contributed by atoms with E-state index in [4.69, 9.17) is 9.84 Å². The van der Waals surface area contributed by atoms with Gasteiger partial charge in [0.1, 0.15) is 24.2 Å². The molecule has 1 aromatic heterocycles. The molecule has 3 aliphatic heterocycles. The van der Waals surface area contributed by atoms with Crippen molar-refractivity contribution in [1.29, 1.82) is 0 Å². The number of thioether (sulfide) groups is 1. The molecule has 0 saturated carbocycles.